The summed E-state index contributed by atoms with van der Waals surface area (Å²) in [6, 6.07) is 7.35. The third-order valence-corrected chi connectivity index (χ3v) is 3.34. The molecule has 0 saturated heterocycles. The molecule has 0 unspecified atom stereocenters. The van der Waals surface area contributed by atoms with E-state index in [2.05, 4.69) is 28.7 Å². The van der Waals surface area contributed by atoms with Gasteiger partial charge in [0.2, 0.25) is 0 Å². The largest absolute Gasteiger partial charge is 0.443 e. The van der Waals surface area contributed by atoms with Crippen LogP contribution in [0.4, 0.5) is 4.79 Å². The van der Waals surface area contributed by atoms with Gasteiger partial charge in [-0.3, -0.25) is 4.57 Å². The molecule has 0 aliphatic carbocycles. The van der Waals surface area contributed by atoms with Gasteiger partial charge in [0, 0.05) is 15.2 Å². The highest BCUT2D eigenvalue weighted by Gasteiger charge is 2.20. The second kappa shape index (κ2) is 4.85. The fourth-order valence-corrected chi connectivity index (χ4v) is 2.45. The molecule has 0 bridgehead atoms. The lowest BCUT2D eigenvalue weighted by Crippen LogP contribution is -2.26. The van der Waals surface area contributed by atoms with E-state index in [1.165, 1.54) is 4.57 Å². The number of hydrogen-bond donors (Lipinski definition) is 0. The normalized spacial score (nSPS) is 11.3. The highest BCUT2D eigenvalue weighted by molar-refractivity contribution is 14.1. The molecule has 1 heterocycles. The molecule has 5 heteroatoms. The second-order valence-electron chi connectivity index (χ2n) is 5.17. The Labute approximate surface area is 125 Å². The number of rotatable bonds is 0. The number of nitrogens with zero attached hydrogens (tertiary/aromatic N) is 2. The summed E-state index contributed by atoms with van der Waals surface area (Å²) in [7, 11) is 0. The van der Waals surface area contributed by atoms with E-state index >= 15 is 0 Å². The van der Waals surface area contributed by atoms with Crippen molar-refractivity contribution in [1.29, 1.82) is 5.26 Å². The molecule has 2 aromatic rings. The smallest absolute Gasteiger partial charge is 0.419 e. The maximum atomic E-state index is 12.1. The van der Waals surface area contributed by atoms with E-state index in [0.29, 0.717) is 11.1 Å². The minimum atomic E-state index is -0.550. The van der Waals surface area contributed by atoms with Gasteiger partial charge in [-0.25, -0.2) is 4.79 Å². The van der Waals surface area contributed by atoms with Crippen LogP contribution >= 0.6 is 22.6 Å². The predicted molar refractivity (Wildman–Crippen MR) is 81.0 cm³/mol. The first kappa shape index (κ1) is 13.9. The molecule has 1 aromatic carbocycles. The van der Waals surface area contributed by atoms with Crippen molar-refractivity contribution < 1.29 is 9.53 Å². The summed E-state index contributed by atoms with van der Waals surface area (Å²) in [6.45, 7) is 5.47. The van der Waals surface area contributed by atoms with Gasteiger partial charge in [0.15, 0.2) is 0 Å². The van der Waals surface area contributed by atoms with Crippen molar-refractivity contribution in [3.8, 4) is 6.07 Å². The van der Waals surface area contributed by atoms with Gasteiger partial charge in [0.1, 0.15) is 5.60 Å². The van der Waals surface area contributed by atoms with Crippen molar-refractivity contribution in [2.45, 2.75) is 26.4 Å². The van der Waals surface area contributed by atoms with Crippen molar-refractivity contribution in [2.24, 2.45) is 0 Å². The molecule has 0 fully saturated rings. The molecule has 0 radical (unpaired) electrons. The molecule has 19 heavy (non-hydrogen) atoms. The Balaban J connectivity index is 2.55. The standard InChI is InChI=1S/C14H13IN2O2/c1-14(2,3)19-13(18)17-8-11(15)10-5-4-9(7-16)6-12(10)17/h4-6,8H,1-3H3. The fraction of sp³-hybridized carbons (Fsp3) is 0.286. The molecule has 0 spiro atoms. The van der Waals surface area contributed by atoms with Gasteiger partial charge < -0.3 is 4.74 Å². The Kier molecular flexibility index (Phi) is 3.54. The Bertz CT molecular complexity index is 690. The Morgan fingerprint density at radius 3 is 2.68 bits per heavy atom. The molecule has 98 valence electrons. The number of benzene rings is 1. The first-order valence-corrected chi connectivity index (χ1v) is 6.84. The van der Waals surface area contributed by atoms with Crippen LogP contribution in [0.5, 0.6) is 0 Å². The molecule has 0 aliphatic heterocycles. The van der Waals surface area contributed by atoms with Crippen molar-refractivity contribution in [2.75, 3.05) is 0 Å². The second-order valence-corrected chi connectivity index (χ2v) is 6.33. The van der Waals surface area contributed by atoms with Crippen LogP contribution in [0.25, 0.3) is 10.9 Å². The lowest BCUT2D eigenvalue weighted by molar-refractivity contribution is 0.0544. The number of carbonyl (C=O) groups is 1. The number of nitriles is 1. The summed E-state index contributed by atoms with van der Waals surface area (Å²) in [5.74, 6) is 0. The van der Waals surface area contributed by atoms with Gasteiger partial charge in [-0.2, -0.15) is 5.26 Å². The zero-order valence-electron chi connectivity index (χ0n) is 10.9. The third kappa shape index (κ3) is 2.89. The summed E-state index contributed by atoms with van der Waals surface area (Å²) in [6.07, 6.45) is 1.29. The lowest BCUT2D eigenvalue weighted by atomic mass is 10.2. The minimum Gasteiger partial charge on any atom is -0.443 e. The molecule has 0 saturated carbocycles. The highest BCUT2D eigenvalue weighted by atomic mass is 127. The van der Waals surface area contributed by atoms with Gasteiger partial charge in [-0.15, -0.1) is 0 Å². The van der Waals surface area contributed by atoms with Gasteiger partial charge in [-0.05, 0) is 55.5 Å². The van der Waals surface area contributed by atoms with Crippen LogP contribution in [-0.4, -0.2) is 16.3 Å². The molecular weight excluding hydrogens is 355 g/mol. The SMILES string of the molecule is CC(C)(C)OC(=O)n1cc(I)c2ccc(C#N)cc21. The van der Waals surface area contributed by atoms with Crippen LogP contribution in [0, 0.1) is 14.9 Å². The molecule has 0 aliphatic rings. The van der Waals surface area contributed by atoms with Crippen molar-refractivity contribution in [1.82, 2.24) is 4.57 Å². The summed E-state index contributed by atoms with van der Waals surface area (Å²) >= 11 is 2.16. The maximum absolute atomic E-state index is 12.1. The molecule has 0 N–H and O–H groups in total. The molecule has 0 amide bonds. The summed E-state index contributed by atoms with van der Waals surface area (Å²) in [5.41, 5.74) is 0.663. The summed E-state index contributed by atoms with van der Waals surface area (Å²) in [5, 5.41) is 9.88. The molecular formula is C14H13IN2O2. The highest BCUT2D eigenvalue weighted by Crippen LogP contribution is 2.25. The van der Waals surface area contributed by atoms with Crippen molar-refractivity contribution in [3.63, 3.8) is 0 Å². The van der Waals surface area contributed by atoms with Crippen molar-refractivity contribution in [3.05, 3.63) is 33.5 Å². The summed E-state index contributed by atoms with van der Waals surface area (Å²) in [4.78, 5) is 12.1. The number of ether oxygens (including phenoxy) is 1. The number of carbonyl (C=O) groups excluding carboxylic acids is 1. The number of aromatic nitrogens is 1. The number of hydrogen-bond acceptors (Lipinski definition) is 3. The van der Waals surface area contributed by atoms with Gasteiger partial charge in [0.25, 0.3) is 0 Å². The van der Waals surface area contributed by atoms with Crippen LogP contribution in [0.1, 0.15) is 26.3 Å². The first-order valence-electron chi connectivity index (χ1n) is 5.76. The quantitative estimate of drug-likeness (QED) is 0.663. The van der Waals surface area contributed by atoms with Gasteiger partial charge >= 0.3 is 6.09 Å². The number of halogens is 1. The van der Waals surface area contributed by atoms with Crippen LogP contribution in [0.3, 0.4) is 0 Å². The zero-order valence-corrected chi connectivity index (χ0v) is 13.1. The van der Waals surface area contributed by atoms with Crippen LogP contribution in [0.2, 0.25) is 0 Å². The Morgan fingerprint density at radius 2 is 2.11 bits per heavy atom. The maximum Gasteiger partial charge on any atom is 0.419 e. The molecule has 2 rings (SSSR count). The first-order chi connectivity index (χ1) is 8.81. The third-order valence-electron chi connectivity index (χ3n) is 2.48. The average Bonchev–Trinajstić information content (AvgIpc) is 2.64. The van der Waals surface area contributed by atoms with E-state index in [1.807, 2.05) is 26.8 Å². The summed E-state index contributed by atoms with van der Waals surface area (Å²) < 4.78 is 7.75. The molecule has 0 atom stereocenters. The van der Waals surface area contributed by atoms with Crippen LogP contribution in [-0.2, 0) is 4.74 Å². The molecule has 1 aromatic heterocycles. The average molecular weight is 368 g/mol. The van der Waals surface area contributed by atoms with Crippen LogP contribution < -0.4 is 0 Å². The van der Waals surface area contributed by atoms with E-state index in [0.717, 1.165) is 8.96 Å². The number of fused-ring (bicyclic) bond motifs is 1. The molecule has 4 nitrogen and oxygen atoms in total. The van der Waals surface area contributed by atoms with Gasteiger partial charge in [-0.1, -0.05) is 6.07 Å². The van der Waals surface area contributed by atoms with Crippen LogP contribution in [0.15, 0.2) is 24.4 Å². The zero-order chi connectivity index (χ0) is 14.2. The van der Waals surface area contributed by atoms with E-state index < -0.39 is 11.7 Å². The predicted octanol–water partition coefficient (Wildman–Crippen LogP) is 3.90. The Morgan fingerprint density at radius 1 is 1.42 bits per heavy atom. The van der Waals surface area contributed by atoms with E-state index in [1.54, 1.807) is 18.3 Å². The topological polar surface area (TPSA) is 55.0 Å². The minimum absolute atomic E-state index is 0.435. The van der Waals surface area contributed by atoms with Gasteiger partial charge in [0.05, 0.1) is 17.1 Å². The lowest BCUT2D eigenvalue weighted by Gasteiger charge is -2.19. The van der Waals surface area contributed by atoms with E-state index in [9.17, 15) is 4.79 Å². The fourth-order valence-electron chi connectivity index (χ4n) is 1.72. The van der Waals surface area contributed by atoms with E-state index in [4.69, 9.17) is 10.00 Å². The van der Waals surface area contributed by atoms with E-state index in [-0.39, 0.29) is 0 Å². The monoisotopic (exact) mass is 368 g/mol. The Hall–Kier alpha value is -1.55. The van der Waals surface area contributed by atoms with Crippen molar-refractivity contribution >= 4 is 39.6 Å².